The average Bonchev–Trinajstić information content (AvgIpc) is 3.49. The molecular weight excluding hydrogens is 426 g/mol. The lowest BCUT2D eigenvalue weighted by atomic mass is 9.77. The molecule has 5 nitrogen and oxygen atoms in total. The Balaban J connectivity index is 1.56. The van der Waals surface area contributed by atoms with Crippen molar-refractivity contribution in [2.75, 3.05) is 19.9 Å². The lowest BCUT2D eigenvalue weighted by Gasteiger charge is -2.34. The molecule has 3 aliphatic heterocycles. The quantitative estimate of drug-likeness (QED) is 0.494. The smallest absolute Gasteiger partial charge is 0.338 e. The number of hydrogen-bond acceptors (Lipinski definition) is 4. The van der Waals surface area contributed by atoms with Crippen molar-refractivity contribution in [1.29, 1.82) is 0 Å². The number of hydrogen-bond donors (Lipinski definition) is 0. The van der Waals surface area contributed by atoms with E-state index in [4.69, 9.17) is 21.1 Å². The SMILES string of the molecule is [CH]c1cccc(C[N+]2(CCC(C)C)C(=O)C3(COc4cc5c(cc43)OCO5)c3ccccc32)c1. The molecule has 172 valence electrons. The minimum atomic E-state index is -0.885. The monoisotopic (exact) mass is 454 g/mol. The van der Waals surface area contributed by atoms with E-state index in [0.29, 0.717) is 41.8 Å². The molecule has 1 amide bonds. The molecule has 3 aromatic carbocycles. The first-order chi connectivity index (χ1) is 16.4. The van der Waals surface area contributed by atoms with Crippen molar-refractivity contribution >= 4 is 11.6 Å². The lowest BCUT2D eigenvalue weighted by Crippen LogP contribution is -2.57. The highest BCUT2D eigenvalue weighted by molar-refractivity contribution is 6.08. The molecule has 0 fully saturated rings. The predicted molar refractivity (Wildman–Crippen MR) is 130 cm³/mol. The minimum Gasteiger partial charge on any atom is -0.491 e. The van der Waals surface area contributed by atoms with Gasteiger partial charge in [0.25, 0.3) is 0 Å². The lowest BCUT2D eigenvalue weighted by molar-refractivity contribution is -0.134. The maximum Gasteiger partial charge on any atom is 0.338 e. The van der Waals surface area contributed by atoms with Gasteiger partial charge in [-0.25, -0.2) is 9.28 Å². The molecule has 2 unspecified atom stereocenters. The Labute approximate surface area is 200 Å². The number of carbonyl (C=O) groups is 1. The van der Waals surface area contributed by atoms with Gasteiger partial charge in [0.1, 0.15) is 24.6 Å². The van der Waals surface area contributed by atoms with Crippen molar-refractivity contribution in [3.05, 3.63) is 89.8 Å². The van der Waals surface area contributed by atoms with E-state index in [2.05, 4.69) is 32.0 Å². The number of benzene rings is 3. The summed E-state index contributed by atoms with van der Waals surface area (Å²) in [5.74, 6) is 2.63. The number of carbonyl (C=O) groups excluding carboxylic acids is 1. The van der Waals surface area contributed by atoms with Crippen LogP contribution in [0.1, 0.15) is 42.5 Å². The molecule has 3 aromatic rings. The Hall–Kier alpha value is -3.31. The number of amides is 1. The summed E-state index contributed by atoms with van der Waals surface area (Å²) in [6, 6.07) is 19.9. The predicted octanol–water partition coefficient (Wildman–Crippen LogP) is 5.25. The molecule has 0 saturated carbocycles. The Kier molecular flexibility index (Phi) is 4.75. The van der Waals surface area contributed by atoms with Gasteiger partial charge in [-0.15, -0.1) is 0 Å². The van der Waals surface area contributed by atoms with Crippen LogP contribution in [0, 0.1) is 12.8 Å². The summed E-state index contributed by atoms with van der Waals surface area (Å²) in [5.41, 5.74) is 3.80. The Morgan fingerprint density at radius 3 is 2.53 bits per heavy atom. The summed E-state index contributed by atoms with van der Waals surface area (Å²) in [6.45, 7) is 12.2. The van der Waals surface area contributed by atoms with Gasteiger partial charge in [-0.1, -0.05) is 50.2 Å². The zero-order valence-electron chi connectivity index (χ0n) is 19.5. The normalized spacial score (nSPS) is 23.9. The summed E-state index contributed by atoms with van der Waals surface area (Å²) in [7, 11) is 0. The van der Waals surface area contributed by atoms with Gasteiger partial charge < -0.3 is 14.2 Å². The molecule has 1 spiro atoms. The van der Waals surface area contributed by atoms with Crippen LogP contribution < -0.4 is 18.7 Å². The highest BCUT2D eigenvalue weighted by Crippen LogP contribution is 2.57. The van der Waals surface area contributed by atoms with Crippen LogP contribution in [0.15, 0.2) is 60.7 Å². The van der Waals surface area contributed by atoms with Crippen LogP contribution in [-0.2, 0) is 16.8 Å². The molecule has 0 bridgehead atoms. The molecule has 34 heavy (non-hydrogen) atoms. The average molecular weight is 455 g/mol. The highest BCUT2D eigenvalue weighted by atomic mass is 16.7. The van der Waals surface area contributed by atoms with E-state index < -0.39 is 5.41 Å². The topological polar surface area (TPSA) is 44.8 Å². The number of quaternary nitrogens is 1. The van der Waals surface area contributed by atoms with Crippen molar-refractivity contribution in [2.45, 2.75) is 32.2 Å². The zero-order valence-corrected chi connectivity index (χ0v) is 19.5. The third-order valence-electron chi connectivity index (χ3n) is 7.45. The molecule has 6 rings (SSSR count). The molecular formula is C29H28NO4+. The van der Waals surface area contributed by atoms with E-state index in [1.54, 1.807) is 0 Å². The van der Waals surface area contributed by atoms with E-state index >= 15 is 0 Å². The fraction of sp³-hybridized carbons (Fsp3) is 0.310. The van der Waals surface area contributed by atoms with E-state index in [-0.39, 0.29) is 23.8 Å². The summed E-state index contributed by atoms with van der Waals surface area (Å²) in [5, 5.41) is 0. The van der Waals surface area contributed by atoms with Gasteiger partial charge in [-0.2, -0.15) is 0 Å². The van der Waals surface area contributed by atoms with Gasteiger partial charge in [0.15, 0.2) is 16.9 Å². The van der Waals surface area contributed by atoms with Gasteiger partial charge in [-0.05, 0) is 43.0 Å². The second kappa shape index (κ2) is 7.60. The fourth-order valence-electron chi connectivity index (χ4n) is 5.78. The first kappa shape index (κ1) is 21.2. The fourth-order valence-corrected chi connectivity index (χ4v) is 5.78. The number of rotatable bonds is 5. The molecule has 0 saturated heterocycles. The molecule has 0 aliphatic carbocycles. The second-order valence-electron chi connectivity index (χ2n) is 10.00. The number of para-hydroxylation sites is 1. The highest BCUT2D eigenvalue weighted by Gasteiger charge is 2.66. The first-order valence-electron chi connectivity index (χ1n) is 11.9. The molecule has 5 heteroatoms. The molecule has 0 aromatic heterocycles. The van der Waals surface area contributed by atoms with Crippen molar-refractivity contribution < 1.29 is 19.0 Å². The number of nitrogens with zero attached hydrogens (tertiary/aromatic N) is 1. The second-order valence-corrected chi connectivity index (χ2v) is 10.00. The van der Waals surface area contributed by atoms with E-state index in [1.165, 1.54) is 0 Å². The summed E-state index contributed by atoms with van der Waals surface area (Å²) in [6.07, 6.45) is 0.924. The Bertz CT molecular complexity index is 1300. The number of fused-ring (bicyclic) bond motifs is 5. The third-order valence-corrected chi connectivity index (χ3v) is 7.45. The standard InChI is InChI=1S/C29H28NO4/c1-19(2)11-12-30(16-21-8-6-7-20(3)13-21)24-10-5-4-9-22(24)29(28(30)31)17-32-25-15-27-26(14-23(25)29)33-18-34-27/h3-10,13-15,19H,11-12,16-18H2,1-2H3/q+1. The van der Waals surface area contributed by atoms with Crippen LogP contribution in [0.3, 0.4) is 0 Å². The summed E-state index contributed by atoms with van der Waals surface area (Å²) in [4.78, 5) is 14.9. The molecule has 3 heterocycles. The van der Waals surface area contributed by atoms with Crippen LogP contribution in [0.5, 0.6) is 17.2 Å². The van der Waals surface area contributed by atoms with Crippen LogP contribution in [0.2, 0.25) is 0 Å². The first-order valence-corrected chi connectivity index (χ1v) is 11.9. The van der Waals surface area contributed by atoms with Crippen LogP contribution in [0.25, 0.3) is 0 Å². The van der Waals surface area contributed by atoms with Gasteiger partial charge >= 0.3 is 5.91 Å². The van der Waals surface area contributed by atoms with Crippen molar-refractivity contribution in [3.8, 4) is 17.2 Å². The largest absolute Gasteiger partial charge is 0.491 e. The molecule has 2 radical (unpaired) electrons. The Morgan fingerprint density at radius 2 is 1.74 bits per heavy atom. The van der Waals surface area contributed by atoms with Crippen molar-refractivity contribution in [1.82, 2.24) is 4.48 Å². The van der Waals surface area contributed by atoms with Crippen LogP contribution in [-0.4, -0.2) is 25.9 Å². The summed E-state index contributed by atoms with van der Waals surface area (Å²) >= 11 is 0. The van der Waals surface area contributed by atoms with E-state index in [1.807, 2.05) is 42.5 Å². The Morgan fingerprint density at radius 1 is 0.941 bits per heavy atom. The van der Waals surface area contributed by atoms with Gasteiger partial charge in [-0.3, -0.25) is 0 Å². The van der Waals surface area contributed by atoms with Gasteiger partial charge in [0.05, 0.1) is 6.54 Å². The molecule has 2 atom stereocenters. The molecule has 3 aliphatic rings. The van der Waals surface area contributed by atoms with Crippen molar-refractivity contribution in [2.24, 2.45) is 5.92 Å². The van der Waals surface area contributed by atoms with E-state index in [0.717, 1.165) is 28.8 Å². The summed E-state index contributed by atoms with van der Waals surface area (Å²) < 4.78 is 17.7. The van der Waals surface area contributed by atoms with Crippen LogP contribution in [0.4, 0.5) is 5.69 Å². The van der Waals surface area contributed by atoms with E-state index in [9.17, 15) is 4.79 Å². The van der Waals surface area contributed by atoms with Crippen molar-refractivity contribution in [3.63, 3.8) is 0 Å². The maximum absolute atomic E-state index is 14.9. The minimum absolute atomic E-state index is 0.148. The van der Waals surface area contributed by atoms with Gasteiger partial charge in [0, 0.05) is 22.8 Å². The third kappa shape index (κ3) is 2.93. The maximum atomic E-state index is 14.9. The number of ether oxygens (including phenoxy) is 3. The zero-order chi connectivity index (χ0) is 23.5. The molecule has 0 N–H and O–H groups in total. The van der Waals surface area contributed by atoms with Crippen LogP contribution >= 0.6 is 0 Å². The van der Waals surface area contributed by atoms with Gasteiger partial charge in [0.2, 0.25) is 6.79 Å².